The van der Waals surface area contributed by atoms with Gasteiger partial charge < -0.3 is 10.1 Å². The second-order valence-electron chi connectivity index (χ2n) is 4.13. The fourth-order valence-electron chi connectivity index (χ4n) is 2.07. The van der Waals surface area contributed by atoms with Gasteiger partial charge in [0.15, 0.2) is 5.78 Å². The highest BCUT2D eigenvalue weighted by Crippen LogP contribution is 2.36. The van der Waals surface area contributed by atoms with Crippen molar-refractivity contribution in [3.8, 4) is 5.75 Å². The Hall–Kier alpha value is -0.870. The first-order valence-corrected chi connectivity index (χ1v) is 5.70. The Kier molecular flexibility index (Phi) is 1.91. The SMILES string of the molecule is O=C1CC2(CNC2)Oc2ccc(Br)cc21. The number of rotatable bonds is 0. The van der Waals surface area contributed by atoms with Crippen molar-refractivity contribution < 1.29 is 9.53 Å². The van der Waals surface area contributed by atoms with Crippen LogP contribution in [0.15, 0.2) is 22.7 Å². The molecule has 0 bridgehead atoms. The predicted octanol–water partition coefficient (Wildman–Crippen LogP) is 1.76. The third kappa shape index (κ3) is 1.40. The van der Waals surface area contributed by atoms with Crippen molar-refractivity contribution in [2.75, 3.05) is 13.1 Å². The van der Waals surface area contributed by atoms with Crippen LogP contribution in [-0.2, 0) is 0 Å². The van der Waals surface area contributed by atoms with E-state index in [1.54, 1.807) is 0 Å². The molecule has 2 heterocycles. The molecule has 1 spiro atoms. The van der Waals surface area contributed by atoms with E-state index >= 15 is 0 Å². The normalized spacial score (nSPS) is 21.8. The predicted molar refractivity (Wildman–Crippen MR) is 59.3 cm³/mol. The zero-order valence-corrected chi connectivity index (χ0v) is 9.63. The average Bonchev–Trinajstić information content (AvgIpc) is 2.16. The van der Waals surface area contributed by atoms with Gasteiger partial charge >= 0.3 is 0 Å². The summed E-state index contributed by atoms with van der Waals surface area (Å²) < 4.78 is 6.79. The summed E-state index contributed by atoms with van der Waals surface area (Å²) in [5, 5.41) is 3.15. The van der Waals surface area contributed by atoms with Gasteiger partial charge in [-0.2, -0.15) is 0 Å². The number of hydrogen-bond donors (Lipinski definition) is 1. The van der Waals surface area contributed by atoms with Gasteiger partial charge in [0.2, 0.25) is 0 Å². The standard InChI is InChI=1S/C11H10BrNO2/c12-7-1-2-10-8(3-7)9(14)4-11(15-10)5-13-6-11/h1-3,13H,4-6H2. The van der Waals surface area contributed by atoms with Crippen molar-refractivity contribution in [1.29, 1.82) is 0 Å². The lowest BCUT2D eigenvalue weighted by Crippen LogP contribution is -2.65. The third-order valence-corrected chi connectivity index (χ3v) is 3.44. The average molecular weight is 268 g/mol. The van der Waals surface area contributed by atoms with E-state index in [9.17, 15) is 4.79 Å². The number of halogens is 1. The number of Topliss-reactive ketones (excluding diaryl/α,β-unsaturated/α-hetero) is 1. The summed E-state index contributed by atoms with van der Waals surface area (Å²) in [6.07, 6.45) is 0.490. The van der Waals surface area contributed by atoms with Crippen LogP contribution in [0.3, 0.4) is 0 Å². The maximum absolute atomic E-state index is 11.9. The summed E-state index contributed by atoms with van der Waals surface area (Å²) in [5.41, 5.74) is 0.430. The number of ketones is 1. The van der Waals surface area contributed by atoms with E-state index in [1.165, 1.54) is 0 Å². The van der Waals surface area contributed by atoms with Crippen molar-refractivity contribution in [1.82, 2.24) is 5.32 Å². The van der Waals surface area contributed by atoms with E-state index in [2.05, 4.69) is 21.2 Å². The molecule has 4 heteroatoms. The first-order chi connectivity index (χ1) is 7.19. The minimum absolute atomic E-state index is 0.180. The molecular formula is C11H10BrNO2. The maximum Gasteiger partial charge on any atom is 0.170 e. The van der Waals surface area contributed by atoms with Gasteiger partial charge in [0.1, 0.15) is 11.4 Å². The Morgan fingerprint density at radius 1 is 1.40 bits per heavy atom. The molecular weight excluding hydrogens is 258 g/mol. The van der Waals surface area contributed by atoms with Crippen LogP contribution in [0, 0.1) is 0 Å². The van der Waals surface area contributed by atoms with Gasteiger partial charge in [-0.25, -0.2) is 0 Å². The molecule has 1 aromatic rings. The van der Waals surface area contributed by atoms with E-state index in [1.807, 2.05) is 18.2 Å². The lowest BCUT2D eigenvalue weighted by atomic mass is 9.85. The fourth-order valence-corrected chi connectivity index (χ4v) is 2.43. The van der Waals surface area contributed by atoms with Crippen LogP contribution in [0.5, 0.6) is 5.75 Å². The molecule has 1 fully saturated rings. The first kappa shape index (κ1) is 9.36. The lowest BCUT2D eigenvalue weighted by Gasteiger charge is -2.44. The van der Waals surface area contributed by atoms with Crippen LogP contribution in [0.1, 0.15) is 16.8 Å². The van der Waals surface area contributed by atoms with E-state index in [0.717, 1.165) is 23.3 Å². The number of benzene rings is 1. The molecule has 1 aromatic carbocycles. The Morgan fingerprint density at radius 2 is 2.20 bits per heavy atom. The second-order valence-corrected chi connectivity index (χ2v) is 5.04. The Labute approximate surface area is 95.9 Å². The van der Waals surface area contributed by atoms with Crippen LogP contribution in [0.25, 0.3) is 0 Å². The molecule has 3 nitrogen and oxygen atoms in total. The first-order valence-electron chi connectivity index (χ1n) is 4.91. The molecule has 1 saturated heterocycles. The molecule has 78 valence electrons. The molecule has 0 atom stereocenters. The summed E-state index contributed by atoms with van der Waals surface area (Å²) >= 11 is 3.36. The zero-order chi connectivity index (χ0) is 10.5. The second kappa shape index (κ2) is 3.06. The van der Waals surface area contributed by atoms with Crippen molar-refractivity contribution in [3.05, 3.63) is 28.2 Å². The molecule has 0 saturated carbocycles. The van der Waals surface area contributed by atoms with Crippen molar-refractivity contribution >= 4 is 21.7 Å². The van der Waals surface area contributed by atoms with Crippen LogP contribution in [0.4, 0.5) is 0 Å². The molecule has 1 N–H and O–H groups in total. The summed E-state index contributed by atoms with van der Waals surface area (Å²) in [6.45, 7) is 1.54. The topological polar surface area (TPSA) is 38.3 Å². The Balaban J connectivity index is 2.04. The van der Waals surface area contributed by atoms with Gasteiger partial charge in [0, 0.05) is 17.6 Å². The summed E-state index contributed by atoms with van der Waals surface area (Å²) in [7, 11) is 0. The molecule has 15 heavy (non-hydrogen) atoms. The summed E-state index contributed by atoms with van der Waals surface area (Å²) in [4.78, 5) is 11.9. The van der Waals surface area contributed by atoms with Gasteiger partial charge in [0.05, 0.1) is 12.0 Å². The van der Waals surface area contributed by atoms with E-state index in [0.29, 0.717) is 12.0 Å². The lowest BCUT2D eigenvalue weighted by molar-refractivity contribution is 0.00240. The molecule has 2 aliphatic heterocycles. The van der Waals surface area contributed by atoms with Crippen molar-refractivity contribution in [2.45, 2.75) is 12.0 Å². The van der Waals surface area contributed by atoms with E-state index in [-0.39, 0.29) is 11.4 Å². The van der Waals surface area contributed by atoms with Crippen molar-refractivity contribution in [2.24, 2.45) is 0 Å². The molecule has 0 aromatic heterocycles. The van der Waals surface area contributed by atoms with Crippen LogP contribution >= 0.6 is 15.9 Å². The maximum atomic E-state index is 11.9. The molecule has 0 radical (unpaired) electrons. The number of ether oxygens (including phenoxy) is 1. The van der Waals surface area contributed by atoms with Gasteiger partial charge in [-0.05, 0) is 18.2 Å². The number of hydrogen-bond acceptors (Lipinski definition) is 3. The Bertz CT molecular complexity index is 440. The van der Waals surface area contributed by atoms with Gasteiger partial charge in [-0.1, -0.05) is 15.9 Å². The largest absolute Gasteiger partial charge is 0.483 e. The Morgan fingerprint density at radius 3 is 2.87 bits per heavy atom. The summed E-state index contributed by atoms with van der Waals surface area (Å²) in [6, 6.07) is 5.59. The quantitative estimate of drug-likeness (QED) is 0.779. The summed E-state index contributed by atoms with van der Waals surface area (Å²) in [5.74, 6) is 0.898. The smallest absolute Gasteiger partial charge is 0.170 e. The monoisotopic (exact) mass is 267 g/mol. The van der Waals surface area contributed by atoms with Crippen LogP contribution in [-0.4, -0.2) is 24.5 Å². The number of carbonyl (C=O) groups excluding carboxylic acids is 1. The number of carbonyl (C=O) groups is 1. The number of fused-ring (bicyclic) bond motifs is 1. The zero-order valence-electron chi connectivity index (χ0n) is 8.05. The molecule has 0 unspecified atom stereocenters. The van der Waals surface area contributed by atoms with Gasteiger partial charge in [-0.3, -0.25) is 4.79 Å². The highest BCUT2D eigenvalue weighted by atomic mass is 79.9. The highest BCUT2D eigenvalue weighted by Gasteiger charge is 2.45. The fraction of sp³-hybridized carbons (Fsp3) is 0.364. The minimum atomic E-state index is -0.266. The van der Waals surface area contributed by atoms with Crippen LogP contribution in [0.2, 0.25) is 0 Å². The van der Waals surface area contributed by atoms with Gasteiger partial charge in [-0.15, -0.1) is 0 Å². The third-order valence-electron chi connectivity index (χ3n) is 2.95. The molecule has 3 rings (SSSR count). The van der Waals surface area contributed by atoms with Gasteiger partial charge in [0.25, 0.3) is 0 Å². The molecule has 0 aliphatic carbocycles. The number of nitrogens with one attached hydrogen (secondary N) is 1. The van der Waals surface area contributed by atoms with Crippen molar-refractivity contribution in [3.63, 3.8) is 0 Å². The minimum Gasteiger partial charge on any atom is -0.483 e. The molecule has 2 aliphatic rings. The molecule has 0 amide bonds. The van der Waals surface area contributed by atoms with E-state index in [4.69, 9.17) is 4.74 Å². The highest BCUT2D eigenvalue weighted by molar-refractivity contribution is 9.10. The van der Waals surface area contributed by atoms with Crippen LogP contribution < -0.4 is 10.1 Å². The van der Waals surface area contributed by atoms with E-state index < -0.39 is 0 Å².